The number of anilines is 1. The highest BCUT2D eigenvalue weighted by Gasteiger charge is 2.15. The summed E-state index contributed by atoms with van der Waals surface area (Å²) in [6.45, 7) is 4.04. The predicted octanol–water partition coefficient (Wildman–Crippen LogP) is 4.88. The van der Waals surface area contributed by atoms with Crippen LogP contribution in [0.5, 0.6) is 5.75 Å². The number of fused-ring (bicyclic) bond motifs is 1. The fourth-order valence-corrected chi connectivity index (χ4v) is 2.76. The number of oxazole rings is 1. The van der Waals surface area contributed by atoms with Crippen LogP contribution in [-0.4, -0.2) is 18.0 Å². The summed E-state index contributed by atoms with van der Waals surface area (Å²) in [6.07, 6.45) is 1.66. The molecule has 0 saturated heterocycles. The number of amides is 1. The van der Waals surface area contributed by atoms with E-state index in [2.05, 4.69) is 10.3 Å². The molecule has 2 aromatic carbocycles. The fourth-order valence-electron chi connectivity index (χ4n) is 2.76. The van der Waals surface area contributed by atoms with Crippen LogP contribution >= 0.6 is 0 Å². The van der Waals surface area contributed by atoms with E-state index in [1.54, 1.807) is 7.11 Å². The highest BCUT2D eigenvalue weighted by Crippen LogP contribution is 2.27. The molecule has 25 heavy (non-hydrogen) atoms. The van der Waals surface area contributed by atoms with E-state index in [9.17, 15) is 4.79 Å². The van der Waals surface area contributed by atoms with Crippen molar-refractivity contribution in [3.05, 3.63) is 42.5 Å². The minimum absolute atomic E-state index is 0.0280. The molecular formula is C20H22N2O3. The molecule has 0 aliphatic heterocycles. The van der Waals surface area contributed by atoms with Gasteiger partial charge in [-0.3, -0.25) is 4.79 Å². The van der Waals surface area contributed by atoms with Gasteiger partial charge in [-0.25, -0.2) is 4.98 Å². The lowest BCUT2D eigenvalue weighted by Crippen LogP contribution is -2.21. The molecule has 0 spiro atoms. The van der Waals surface area contributed by atoms with Crippen LogP contribution in [0.3, 0.4) is 0 Å². The summed E-state index contributed by atoms with van der Waals surface area (Å²) in [4.78, 5) is 16.7. The van der Waals surface area contributed by atoms with Crippen LogP contribution in [0.4, 0.5) is 5.69 Å². The van der Waals surface area contributed by atoms with E-state index in [0.29, 0.717) is 11.5 Å². The first-order valence-electron chi connectivity index (χ1n) is 8.50. The second kappa shape index (κ2) is 7.38. The molecule has 3 aromatic rings. The minimum atomic E-state index is 0.0280. The number of hydrogen-bond donors (Lipinski definition) is 1. The van der Waals surface area contributed by atoms with Crippen molar-refractivity contribution in [3.8, 4) is 17.2 Å². The van der Waals surface area contributed by atoms with Gasteiger partial charge < -0.3 is 14.5 Å². The summed E-state index contributed by atoms with van der Waals surface area (Å²) in [5, 5.41) is 2.96. The largest absolute Gasteiger partial charge is 0.497 e. The number of ether oxygens (including phenoxy) is 1. The number of methoxy groups -OCH3 is 1. The molecule has 0 atom stereocenters. The summed E-state index contributed by atoms with van der Waals surface area (Å²) in [5.74, 6) is 1.40. The SMILES string of the molecule is CCC(CC)C(=O)Nc1ccc2nc(-c3ccc(OC)cc3)oc2c1. The fraction of sp³-hybridized carbons (Fsp3) is 0.300. The molecule has 0 bridgehead atoms. The van der Waals surface area contributed by atoms with Crippen molar-refractivity contribution in [1.82, 2.24) is 4.98 Å². The molecule has 1 N–H and O–H groups in total. The smallest absolute Gasteiger partial charge is 0.227 e. The van der Waals surface area contributed by atoms with Crippen LogP contribution in [0.25, 0.3) is 22.6 Å². The first-order chi connectivity index (χ1) is 12.1. The second-order valence-electron chi connectivity index (χ2n) is 5.93. The van der Waals surface area contributed by atoms with E-state index in [1.807, 2.05) is 56.3 Å². The van der Waals surface area contributed by atoms with Crippen molar-refractivity contribution in [2.75, 3.05) is 12.4 Å². The molecule has 0 aliphatic rings. The average molecular weight is 338 g/mol. The highest BCUT2D eigenvalue weighted by atomic mass is 16.5. The van der Waals surface area contributed by atoms with Crippen LogP contribution in [-0.2, 0) is 4.79 Å². The summed E-state index contributed by atoms with van der Waals surface area (Å²) >= 11 is 0. The Kier molecular flexibility index (Phi) is 5.03. The number of rotatable bonds is 6. The van der Waals surface area contributed by atoms with Gasteiger partial charge in [0.15, 0.2) is 5.58 Å². The predicted molar refractivity (Wildman–Crippen MR) is 98.7 cm³/mol. The zero-order chi connectivity index (χ0) is 17.8. The molecule has 5 nitrogen and oxygen atoms in total. The molecular weight excluding hydrogens is 316 g/mol. The monoisotopic (exact) mass is 338 g/mol. The van der Waals surface area contributed by atoms with Gasteiger partial charge in [0.25, 0.3) is 0 Å². The van der Waals surface area contributed by atoms with Crippen LogP contribution in [0, 0.1) is 5.92 Å². The van der Waals surface area contributed by atoms with Crippen molar-refractivity contribution in [1.29, 1.82) is 0 Å². The Morgan fingerprint density at radius 1 is 1.16 bits per heavy atom. The summed E-state index contributed by atoms with van der Waals surface area (Å²) in [7, 11) is 1.63. The van der Waals surface area contributed by atoms with Gasteiger partial charge in [0, 0.05) is 23.2 Å². The van der Waals surface area contributed by atoms with E-state index in [4.69, 9.17) is 9.15 Å². The van der Waals surface area contributed by atoms with E-state index >= 15 is 0 Å². The van der Waals surface area contributed by atoms with Gasteiger partial charge in [-0.1, -0.05) is 13.8 Å². The van der Waals surface area contributed by atoms with Gasteiger partial charge in [0.2, 0.25) is 11.8 Å². The number of aromatic nitrogens is 1. The Balaban J connectivity index is 1.84. The molecule has 0 radical (unpaired) electrons. The third kappa shape index (κ3) is 3.65. The Bertz CT molecular complexity index is 864. The molecule has 0 saturated carbocycles. The van der Waals surface area contributed by atoms with Crippen LogP contribution in [0.1, 0.15) is 26.7 Å². The zero-order valence-corrected chi connectivity index (χ0v) is 14.7. The molecule has 0 unspecified atom stereocenters. The Morgan fingerprint density at radius 3 is 2.52 bits per heavy atom. The van der Waals surface area contributed by atoms with Crippen LogP contribution < -0.4 is 10.1 Å². The van der Waals surface area contributed by atoms with Crippen molar-refractivity contribution in [2.45, 2.75) is 26.7 Å². The van der Waals surface area contributed by atoms with Crippen molar-refractivity contribution >= 4 is 22.7 Å². The quantitative estimate of drug-likeness (QED) is 0.696. The van der Waals surface area contributed by atoms with E-state index < -0.39 is 0 Å². The molecule has 3 rings (SSSR count). The molecule has 1 aromatic heterocycles. The number of nitrogens with zero attached hydrogens (tertiary/aromatic N) is 1. The van der Waals surface area contributed by atoms with Crippen LogP contribution in [0.15, 0.2) is 46.9 Å². The topological polar surface area (TPSA) is 64.4 Å². The summed E-state index contributed by atoms with van der Waals surface area (Å²) in [6, 6.07) is 13.1. The lowest BCUT2D eigenvalue weighted by Gasteiger charge is -2.12. The number of carbonyl (C=O) groups is 1. The maximum absolute atomic E-state index is 12.2. The average Bonchev–Trinajstić information content (AvgIpc) is 3.06. The third-order valence-electron chi connectivity index (χ3n) is 4.35. The highest BCUT2D eigenvalue weighted by molar-refractivity contribution is 5.94. The standard InChI is InChI=1S/C20H22N2O3/c1-4-13(5-2)19(23)21-15-8-11-17-18(12-15)25-20(22-17)14-6-9-16(24-3)10-7-14/h6-13H,4-5H2,1-3H3,(H,21,23). The molecule has 130 valence electrons. The number of nitrogens with one attached hydrogen (secondary N) is 1. The Morgan fingerprint density at radius 2 is 1.88 bits per heavy atom. The van der Waals surface area contributed by atoms with E-state index in [1.165, 1.54) is 0 Å². The molecule has 0 aliphatic carbocycles. The Labute approximate surface area is 147 Å². The van der Waals surface area contributed by atoms with Gasteiger partial charge in [0.05, 0.1) is 7.11 Å². The molecule has 5 heteroatoms. The first kappa shape index (κ1) is 17.0. The van der Waals surface area contributed by atoms with E-state index in [0.717, 1.165) is 35.4 Å². The Hall–Kier alpha value is -2.82. The molecule has 1 heterocycles. The second-order valence-corrected chi connectivity index (χ2v) is 5.93. The maximum atomic E-state index is 12.2. The van der Waals surface area contributed by atoms with Crippen molar-refractivity contribution in [3.63, 3.8) is 0 Å². The molecule has 0 fully saturated rings. The minimum Gasteiger partial charge on any atom is -0.497 e. The number of benzene rings is 2. The summed E-state index contributed by atoms with van der Waals surface area (Å²) < 4.78 is 11.0. The normalized spacial score (nSPS) is 11.0. The third-order valence-corrected chi connectivity index (χ3v) is 4.35. The van der Waals surface area contributed by atoms with Gasteiger partial charge in [-0.05, 0) is 49.2 Å². The van der Waals surface area contributed by atoms with Gasteiger partial charge in [-0.2, -0.15) is 0 Å². The van der Waals surface area contributed by atoms with Crippen molar-refractivity contribution in [2.24, 2.45) is 5.92 Å². The number of carbonyl (C=O) groups excluding carboxylic acids is 1. The lowest BCUT2D eigenvalue weighted by molar-refractivity contribution is -0.120. The van der Waals surface area contributed by atoms with E-state index in [-0.39, 0.29) is 11.8 Å². The maximum Gasteiger partial charge on any atom is 0.227 e. The zero-order valence-electron chi connectivity index (χ0n) is 14.7. The van der Waals surface area contributed by atoms with Crippen molar-refractivity contribution < 1.29 is 13.9 Å². The number of hydrogen-bond acceptors (Lipinski definition) is 4. The van der Waals surface area contributed by atoms with Gasteiger partial charge in [-0.15, -0.1) is 0 Å². The van der Waals surface area contributed by atoms with Gasteiger partial charge in [0.1, 0.15) is 11.3 Å². The van der Waals surface area contributed by atoms with Gasteiger partial charge >= 0.3 is 0 Å². The lowest BCUT2D eigenvalue weighted by atomic mass is 10.0. The first-order valence-corrected chi connectivity index (χ1v) is 8.50. The summed E-state index contributed by atoms with van der Waals surface area (Å²) in [5.41, 5.74) is 3.00. The molecule has 1 amide bonds. The van der Waals surface area contributed by atoms with Crippen LogP contribution in [0.2, 0.25) is 0 Å².